The summed E-state index contributed by atoms with van der Waals surface area (Å²) >= 11 is 0. The van der Waals surface area contributed by atoms with Gasteiger partial charge in [-0.2, -0.15) is 0 Å². The summed E-state index contributed by atoms with van der Waals surface area (Å²) in [5.41, 5.74) is 5.93. The molecule has 0 spiro atoms. The predicted molar refractivity (Wildman–Crippen MR) is 65.3 cm³/mol. The van der Waals surface area contributed by atoms with Gasteiger partial charge in [-0.25, -0.2) is 0 Å². The molecule has 3 unspecified atom stereocenters. The summed E-state index contributed by atoms with van der Waals surface area (Å²) in [6, 6.07) is 0.258. The van der Waals surface area contributed by atoms with Gasteiger partial charge in [0.2, 0.25) is 0 Å². The highest BCUT2D eigenvalue weighted by molar-refractivity contribution is 4.84. The number of β-amino-alcohol motifs (C(OH)–C–C–N with tert-alkyl or cyclic N) is 1. The minimum Gasteiger partial charge on any atom is -0.389 e. The predicted octanol–water partition coefficient (Wildman–Crippen LogP) is 0.443. The average Bonchev–Trinajstić information content (AvgIpc) is 2.53. The summed E-state index contributed by atoms with van der Waals surface area (Å²) in [6.07, 6.45) is 1.82. The Hall–Kier alpha value is -0.160. The third-order valence-electron chi connectivity index (χ3n) is 3.17. The number of unbranched alkanes of at least 4 members (excludes halogenated alkanes) is 1. The van der Waals surface area contributed by atoms with Crippen molar-refractivity contribution < 1.29 is 9.84 Å². The van der Waals surface area contributed by atoms with Crippen molar-refractivity contribution in [2.45, 2.75) is 38.8 Å². The minimum atomic E-state index is -0.380. The summed E-state index contributed by atoms with van der Waals surface area (Å²) in [4.78, 5) is 2.23. The number of nitrogens with two attached hydrogens (primary N) is 1. The number of hydrogen-bond acceptors (Lipinski definition) is 4. The number of ether oxygens (including phenoxy) is 1. The molecule has 1 aliphatic rings. The molecule has 0 saturated carbocycles. The number of likely N-dealkylation sites (tertiary alicyclic amines) is 1. The summed E-state index contributed by atoms with van der Waals surface area (Å²) < 4.78 is 5.39. The minimum absolute atomic E-state index is 0.258. The highest BCUT2D eigenvalue weighted by atomic mass is 16.5. The van der Waals surface area contributed by atoms with Crippen LogP contribution in [0, 0.1) is 5.92 Å². The van der Waals surface area contributed by atoms with Crippen LogP contribution < -0.4 is 5.73 Å². The SMILES string of the molecule is CCCCOCC(O)CN1CC(C)C(N)C1. The highest BCUT2D eigenvalue weighted by Gasteiger charge is 2.27. The van der Waals surface area contributed by atoms with Crippen molar-refractivity contribution in [1.82, 2.24) is 4.90 Å². The molecule has 0 radical (unpaired) electrons. The van der Waals surface area contributed by atoms with Crippen LogP contribution in [0.3, 0.4) is 0 Å². The quantitative estimate of drug-likeness (QED) is 0.623. The maximum absolute atomic E-state index is 9.77. The van der Waals surface area contributed by atoms with Gasteiger partial charge >= 0.3 is 0 Å². The molecule has 3 N–H and O–H groups in total. The van der Waals surface area contributed by atoms with Gasteiger partial charge in [0.15, 0.2) is 0 Å². The molecule has 96 valence electrons. The Bertz CT molecular complexity index is 180. The van der Waals surface area contributed by atoms with Crippen molar-refractivity contribution in [3.8, 4) is 0 Å². The lowest BCUT2D eigenvalue weighted by Crippen LogP contribution is -2.35. The first-order chi connectivity index (χ1) is 7.63. The van der Waals surface area contributed by atoms with Gasteiger partial charge in [0.1, 0.15) is 0 Å². The fourth-order valence-electron chi connectivity index (χ4n) is 2.06. The standard InChI is InChI=1S/C12H26N2O2/c1-3-4-5-16-9-11(15)7-14-6-10(2)12(13)8-14/h10-12,15H,3-9,13H2,1-2H3. The largest absolute Gasteiger partial charge is 0.389 e. The molecular formula is C12H26N2O2. The Morgan fingerprint density at radius 2 is 2.25 bits per heavy atom. The van der Waals surface area contributed by atoms with E-state index in [0.29, 0.717) is 19.1 Å². The van der Waals surface area contributed by atoms with E-state index in [0.717, 1.165) is 32.5 Å². The molecule has 0 aromatic carbocycles. The van der Waals surface area contributed by atoms with E-state index in [1.165, 1.54) is 0 Å². The number of rotatable bonds is 7. The van der Waals surface area contributed by atoms with Gasteiger partial charge in [-0.15, -0.1) is 0 Å². The van der Waals surface area contributed by atoms with E-state index in [2.05, 4.69) is 18.7 Å². The van der Waals surface area contributed by atoms with Gasteiger partial charge in [-0.05, 0) is 12.3 Å². The second-order valence-electron chi connectivity index (χ2n) is 4.94. The highest BCUT2D eigenvalue weighted by Crippen LogP contribution is 2.14. The Morgan fingerprint density at radius 1 is 1.50 bits per heavy atom. The van der Waals surface area contributed by atoms with Crippen molar-refractivity contribution in [3.05, 3.63) is 0 Å². The van der Waals surface area contributed by atoms with Crippen LogP contribution >= 0.6 is 0 Å². The van der Waals surface area contributed by atoms with Gasteiger partial charge < -0.3 is 15.6 Å². The van der Waals surface area contributed by atoms with Crippen LogP contribution in [0.2, 0.25) is 0 Å². The number of aliphatic hydroxyl groups is 1. The maximum atomic E-state index is 9.77. The molecule has 0 aromatic rings. The molecule has 4 heteroatoms. The van der Waals surface area contributed by atoms with E-state index in [9.17, 15) is 5.11 Å². The average molecular weight is 230 g/mol. The van der Waals surface area contributed by atoms with Gasteiger partial charge in [0.25, 0.3) is 0 Å². The van der Waals surface area contributed by atoms with Crippen LogP contribution in [0.4, 0.5) is 0 Å². The molecule has 4 nitrogen and oxygen atoms in total. The Morgan fingerprint density at radius 3 is 2.81 bits per heavy atom. The first-order valence-electron chi connectivity index (χ1n) is 6.37. The lowest BCUT2D eigenvalue weighted by molar-refractivity contribution is 0.0190. The van der Waals surface area contributed by atoms with Gasteiger partial charge in [0, 0.05) is 32.3 Å². The molecule has 0 aromatic heterocycles. The lowest BCUT2D eigenvalue weighted by atomic mass is 10.1. The van der Waals surface area contributed by atoms with Gasteiger partial charge in [-0.1, -0.05) is 20.3 Å². The topological polar surface area (TPSA) is 58.7 Å². The molecule has 0 aliphatic carbocycles. The van der Waals surface area contributed by atoms with Crippen LogP contribution in [-0.2, 0) is 4.74 Å². The van der Waals surface area contributed by atoms with Crippen LogP contribution in [0.1, 0.15) is 26.7 Å². The van der Waals surface area contributed by atoms with Gasteiger partial charge in [0.05, 0.1) is 12.7 Å². The zero-order chi connectivity index (χ0) is 12.0. The van der Waals surface area contributed by atoms with Crippen molar-refractivity contribution in [2.24, 2.45) is 11.7 Å². The molecule has 3 atom stereocenters. The summed E-state index contributed by atoms with van der Waals surface area (Å²) in [6.45, 7) is 8.07. The van der Waals surface area contributed by atoms with Crippen molar-refractivity contribution >= 4 is 0 Å². The lowest BCUT2D eigenvalue weighted by Gasteiger charge is -2.19. The summed E-state index contributed by atoms with van der Waals surface area (Å²) in [5, 5.41) is 9.77. The Labute approximate surface area is 98.8 Å². The molecule has 0 bridgehead atoms. The summed E-state index contributed by atoms with van der Waals surface area (Å²) in [5.74, 6) is 0.535. The normalized spacial score (nSPS) is 28.5. The molecule has 1 aliphatic heterocycles. The fraction of sp³-hybridized carbons (Fsp3) is 1.00. The van der Waals surface area contributed by atoms with Crippen molar-refractivity contribution in [2.75, 3.05) is 32.8 Å². The molecule has 1 fully saturated rings. The molecule has 0 amide bonds. The molecule has 1 saturated heterocycles. The Kier molecular flexibility index (Phi) is 6.28. The first kappa shape index (κ1) is 13.9. The van der Waals surface area contributed by atoms with Crippen LogP contribution in [0.5, 0.6) is 0 Å². The monoisotopic (exact) mass is 230 g/mol. The summed E-state index contributed by atoms with van der Waals surface area (Å²) in [7, 11) is 0. The third kappa shape index (κ3) is 4.78. The number of aliphatic hydroxyl groups excluding tert-OH is 1. The van der Waals surface area contributed by atoms with Crippen LogP contribution in [0.25, 0.3) is 0 Å². The van der Waals surface area contributed by atoms with E-state index in [4.69, 9.17) is 10.5 Å². The molecule has 1 heterocycles. The van der Waals surface area contributed by atoms with Crippen LogP contribution in [-0.4, -0.2) is 55.0 Å². The van der Waals surface area contributed by atoms with E-state index in [1.807, 2.05) is 0 Å². The van der Waals surface area contributed by atoms with E-state index >= 15 is 0 Å². The smallest absolute Gasteiger partial charge is 0.0900 e. The zero-order valence-corrected chi connectivity index (χ0v) is 10.6. The first-order valence-corrected chi connectivity index (χ1v) is 6.37. The van der Waals surface area contributed by atoms with Gasteiger partial charge in [-0.3, -0.25) is 4.90 Å². The van der Waals surface area contributed by atoms with E-state index in [-0.39, 0.29) is 12.1 Å². The van der Waals surface area contributed by atoms with E-state index < -0.39 is 0 Å². The second-order valence-corrected chi connectivity index (χ2v) is 4.94. The third-order valence-corrected chi connectivity index (χ3v) is 3.17. The molecular weight excluding hydrogens is 204 g/mol. The van der Waals surface area contributed by atoms with Crippen molar-refractivity contribution in [3.63, 3.8) is 0 Å². The molecule has 1 rings (SSSR count). The second kappa shape index (κ2) is 7.22. The molecule has 16 heavy (non-hydrogen) atoms. The Balaban J connectivity index is 2.08. The van der Waals surface area contributed by atoms with Crippen molar-refractivity contribution in [1.29, 1.82) is 0 Å². The number of hydrogen-bond donors (Lipinski definition) is 2. The van der Waals surface area contributed by atoms with Crippen LogP contribution in [0.15, 0.2) is 0 Å². The maximum Gasteiger partial charge on any atom is 0.0900 e. The fourth-order valence-corrected chi connectivity index (χ4v) is 2.06. The number of nitrogens with zero attached hydrogens (tertiary/aromatic N) is 1. The zero-order valence-electron chi connectivity index (χ0n) is 10.6. The van der Waals surface area contributed by atoms with E-state index in [1.54, 1.807) is 0 Å².